The van der Waals surface area contributed by atoms with Gasteiger partial charge in [0.25, 0.3) is 5.69 Å². The Balaban J connectivity index is 0.000000336. The topological polar surface area (TPSA) is 77.3 Å². The molecule has 0 amide bonds. The van der Waals surface area contributed by atoms with E-state index in [0.29, 0.717) is 5.56 Å². The summed E-state index contributed by atoms with van der Waals surface area (Å²) >= 11 is 0. The summed E-state index contributed by atoms with van der Waals surface area (Å²) in [6, 6.07) is 6.65. The first-order chi connectivity index (χ1) is 6.72. The SMILES string of the molecule is Cc1ccccc1[N+](=O)[O-].O=S(=O)(Cl)Cl. The van der Waals surface area contributed by atoms with Crippen LogP contribution in [0.1, 0.15) is 5.56 Å². The summed E-state index contributed by atoms with van der Waals surface area (Å²) in [5.41, 5.74) is 0.884. The summed E-state index contributed by atoms with van der Waals surface area (Å²) in [7, 11) is 4.81. The molecule has 0 aliphatic carbocycles. The molecule has 0 spiro atoms. The molecule has 0 atom stereocenters. The summed E-state index contributed by atoms with van der Waals surface area (Å²) in [5.74, 6) is 0. The van der Waals surface area contributed by atoms with Crippen LogP contribution in [0.3, 0.4) is 0 Å². The van der Waals surface area contributed by atoms with Crippen molar-refractivity contribution in [2.45, 2.75) is 6.92 Å². The van der Waals surface area contributed by atoms with E-state index in [9.17, 15) is 10.1 Å². The molecule has 0 N–H and O–H groups in total. The summed E-state index contributed by atoms with van der Waals surface area (Å²) in [6.07, 6.45) is 0. The molecule has 0 aliphatic rings. The number of rotatable bonds is 1. The number of para-hydroxylation sites is 1. The summed E-state index contributed by atoms with van der Waals surface area (Å²) in [5, 5.41) is 10.2. The molecule has 0 fully saturated rings. The molecule has 1 rings (SSSR count). The van der Waals surface area contributed by atoms with Gasteiger partial charge in [-0.3, -0.25) is 10.1 Å². The maximum absolute atomic E-state index is 10.2. The molecule has 0 bridgehead atoms. The number of nitro groups is 1. The van der Waals surface area contributed by atoms with Crippen molar-refractivity contribution in [3.8, 4) is 0 Å². The molecule has 0 saturated carbocycles. The van der Waals surface area contributed by atoms with E-state index in [-0.39, 0.29) is 10.6 Å². The van der Waals surface area contributed by atoms with Gasteiger partial charge in [0.2, 0.25) is 0 Å². The van der Waals surface area contributed by atoms with Gasteiger partial charge in [-0.25, -0.2) is 0 Å². The molecule has 0 unspecified atom stereocenters. The Morgan fingerprint density at radius 3 is 1.93 bits per heavy atom. The van der Waals surface area contributed by atoms with Crippen LogP contribution in [-0.2, 0) is 8.26 Å². The standard InChI is InChI=1S/C7H7NO2.Cl2O2S/c1-6-4-2-3-5-7(6)8(9)10;1-5(2,3)4/h2-5H,1H3;. The number of nitrogens with zero attached hydrogens (tertiary/aromatic N) is 1. The minimum absolute atomic E-state index is 0.183. The Bertz CT molecular complexity index is 438. The minimum Gasteiger partial charge on any atom is -0.258 e. The van der Waals surface area contributed by atoms with Gasteiger partial charge in [-0.1, -0.05) is 18.2 Å². The molecule has 1 aromatic rings. The van der Waals surface area contributed by atoms with Crippen LogP contribution < -0.4 is 0 Å². The number of nitro benzene ring substituents is 1. The van der Waals surface area contributed by atoms with Crippen molar-refractivity contribution in [3.05, 3.63) is 39.9 Å². The highest BCUT2D eigenvalue weighted by Crippen LogP contribution is 2.14. The van der Waals surface area contributed by atoms with Crippen LogP contribution in [0.4, 0.5) is 5.69 Å². The van der Waals surface area contributed by atoms with Gasteiger partial charge in [0.15, 0.2) is 0 Å². The minimum atomic E-state index is -3.72. The Morgan fingerprint density at radius 1 is 1.27 bits per heavy atom. The van der Waals surface area contributed by atoms with E-state index in [2.05, 4.69) is 21.4 Å². The Kier molecular flexibility index (Phi) is 5.56. The highest BCUT2D eigenvalue weighted by Gasteiger charge is 2.05. The van der Waals surface area contributed by atoms with E-state index in [0.717, 1.165) is 0 Å². The molecular formula is C7H7Cl2NO4S. The van der Waals surface area contributed by atoms with E-state index in [1.807, 2.05) is 0 Å². The van der Waals surface area contributed by atoms with Crippen molar-refractivity contribution >= 4 is 35.3 Å². The Labute approximate surface area is 95.7 Å². The van der Waals surface area contributed by atoms with Crippen molar-refractivity contribution < 1.29 is 13.3 Å². The van der Waals surface area contributed by atoms with Crippen LogP contribution in [-0.4, -0.2) is 13.3 Å². The molecule has 0 saturated heterocycles. The first-order valence-electron chi connectivity index (χ1n) is 3.56. The second-order valence-corrected chi connectivity index (χ2v) is 6.09. The largest absolute Gasteiger partial charge is 0.317 e. The number of hydrogen-bond acceptors (Lipinski definition) is 4. The van der Waals surface area contributed by atoms with Crippen molar-refractivity contribution in [2.24, 2.45) is 0 Å². The predicted molar refractivity (Wildman–Crippen MR) is 58.5 cm³/mol. The van der Waals surface area contributed by atoms with Gasteiger partial charge in [-0.05, 0) is 6.92 Å². The number of hydrogen-bond donors (Lipinski definition) is 0. The third-order valence-electron chi connectivity index (χ3n) is 1.31. The predicted octanol–water partition coefficient (Wildman–Crippen LogP) is 2.61. The van der Waals surface area contributed by atoms with Gasteiger partial charge in [0, 0.05) is 33.0 Å². The van der Waals surface area contributed by atoms with Gasteiger partial charge in [-0.2, -0.15) is 8.42 Å². The first kappa shape index (κ1) is 14.2. The molecule has 0 aliphatic heterocycles. The molecule has 0 radical (unpaired) electrons. The zero-order chi connectivity index (χ0) is 12.1. The molecule has 84 valence electrons. The highest BCUT2D eigenvalue weighted by atomic mass is 36.0. The second-order valence-electron chi connectivity index (χ2n) is 2.42. The van der Waals surface area contributed by atoms with E-state index >= 15 is 0 Å². The van der Waals surface area contributed by atoms with E-state index < -0.39 is 8.26 Å². The maximum Gasteiger partial charge on any atom is 0.317 e. The van der Waals surface area contributed by atoms with Gasteiger partial charge in [-0.15, -0.1) is 0 Å². The molecular weight excluding hydrogens is 265 g/mol. The smallest absolute Gasteiger partial charge is 0.258 e. The number of halogens is 2. The Hall–Kier alpha value is -0.850. The molecule has 1 aromatic carbocycles. The van der Waals surface area contributed by atoms with Crippen LogP contribution in [0.15, 0.2) is 24.3 Å². The lowest BCUT2D eigenvalue weighted by atomic mass is 10.2. The third-order valence-corrected chi connectivity index (χ3v) is 1.31. The quantitative estimate of drug-likeness (QED) is 0.447. The summed E-state index contributed by atoms with van der Waals surface area (Å²) in [6.45, 7) is 1.72. The van der Waals surface area contributed by atoms with E-state index in [1.54, 1.807) is 25.1 Å². The fourth-order valence-electron chi connectivity index (χ4n) is 0.768. The van der Waals surface area contributed by atoms with Crippen molar-refractivity contribution in [1.82, 2.24) is 0 Å². The number of aryl methyl sites for hydroxylation is 1. The van der Waals surface area contributed by atoms with Crippen LogP contribution in [0.2, 0.25) is 0 Å². The fourth-order valence-corrected chi connectivity index (χ4v) is 0.768. The van der Waals surface area contributed by atoms with Gasteiger partial charge in [0.1, 0.15) is 0 Å². The lowest BCUT2D eigenvalue weighted by Crippen LogP contribution is -1.89. The molecule has 0 aromatic heterocycles. The van der Waals surface area contributed by atoms with Gasteiger partial charge < -0.3 is 0 Å². The number of benzene rings is 1. The van der Waals surface area contributed by atoms with Crippen LogP contribution in [0.25, 0.3) is 0 Å². The van der Waals surface area contributed by atoms with Crippen molar-refractivity contribution in [2.75, 3.05) is 0 Å². The average molecular weight is 272 g/mol. The molecule has 15 heavy (non-hydrogen) atoms. The second kappa shape index (κ2) is 5.89. The zero-order valence-electron chi connectivity index (χ0n) is 7.55. The maximum atomic E-state index is 10.2. The van der Waals surface area contributed by atoms with E-state index in [4.69, 9.17) is 8.42 Å². The first-order valence-corrected chi connectivity index (χ1v) is 6.69. The van der Waals surface area contributed by atoms with Crippen LogP contribution in [0, 0.1) is 17.0 Å². The van der Waals surface area contributed by atoms with Gasteiger partial charge >= 0.3 is 8.26 Å². The molecule has 8 heteroatoms. The highest BCUT2D eigenvalue weighted by molar-refractivity contribution is 8.31. The zero-order valence-corrected chi connectivity index (χ0v) is 9.88. The lowest BCUT2D eigenvalue weighted by molar-refractivity contribution is -0.385. The van der Waals surface area contributed by atoms with Gasteiger partial charge in [0.05, 0.1) is 4.92 Å². The summed E-state index contributed by atoms with van der Waals surface area (Å²) < 4.78 is 18.3. The lowest BCUT2D eigenvalue weighted by Gasteiger charge is -1.92. The third kappa shape index (κ3) is 8.17. The van der Waals surface area contributed by atoms with E-state index in [1.165, 1.54) is 6.07 Å². The summed E-state index contributed by atoms with van der Waals surface area (Å²) in [4.78, 5) is 9.85. The monoisotopic (exact) mass is 271 g/mol. The fraction of sp³-hybridized carbons (Fsp3) is 0.143. The molecule has 0 heterocycles. The average Bonchev–Trinajstić information content (AvgIpc) is 2.01. The Morgan fingerprint density at radius 2 is 1.67 bits per heavy atom. The van der Waals surface area contributed by atoms with Crippen LogP contribution >= 0.6 is 21.4 Å². The van der Waals surface area contributed by atoms with Crippen LogP contribution in [0.5, 0.6) is 0 Å². The normalized spacial score (nSPS) is 10.1. The van der Waals surface area contributed by atoms with Crippen molar-refractivity contribution in [3.63, 3.8) is 0 Å². The van der Waals surface area contributed by atoms with Crippen molar-refractivity contribution in [1.29, 1.82) is 0 Å². The molecule has 5 nitrogen and oxygen atoms in total.